The molecule has 5 rings (SSSR count). The van der Waals surface area contributed by atoms with Gasteiger partial charge in [0.15, 0.2) is 0 Å². The van der Waals surface area contributed by atoms with Crippen LogP contribution < -0.4 is 10.9 Å². The normalized spacial score (nSPS) is 28.8. The predicted molar refractivity (Wildman–Crippen MR) is 117 cm³/mol. The number of hydrogen-bond acceptors (Lipinski definition) is 4. The summed E-state index contributed by atoms with van der Waals surface area (Å²) in [7, 11) is 3.42. The number of amides is 3. The molecule has 4 saturated carbocycles. The van der Waals surface area contributed by atoms with Gasteiger partial charge in [-0.05, 0) is 73.8 Å². The lowest BCUT2D eigenvalue weighted by molar-refractivity contribution is -0.130. The second-order valence-electron chi connectivity index (χ2n) is 9.67. The number of hydrazine groups is 1. The number of nitrogens with zero attached hydrogens (tertiary/aromatic N) is 1. The van der Waals surface area contributed by atoms with Crippen LogP contribution >= 0.6 is 11.8 Å². The highest BCUT2D eigenvalue weighted by Gasteiger charge is 2.51. The van der Waals surface area contributed by atoms with Crippen molar-refractivity contribution in [3.63, 3.8) is 0 Å². The Morgan fingerprint density at radius 2 is 1.60 bits per heavy atom. The number of rotatable bonds is 6. The largest absolute Gasteiger partial charge is 0.348 e. The van der Waals surface area contributed by atoms with Gasteiger partial charge in [0.1, 0.15) is 0 Å². The summed E-state index contributed by atoms with van der Waals surface area (Å²) in [5, 5.41) is 0. The highest BCUT2D eigenvalue weighted by Crippen LogP contribution is 2.61. The van der Waals surface area contributed by atoms with Crippen molar-refractivity contribution in [2.75, 3.05) is 19.8 Å². The van der Waals surface area contributed by atoms with Crippen LogP contribution in [-0.4, -0.2) is 42.5 Å². The van der Waals surface area contributed by atoms with Crippen molar-refractivity contribution in [3.05, 3.63) is 29.8 Å². The van der Waals surface area contributed by atoms with E-state index in [0.29, 0.717) is 12.0 Å². The Kier molecular flexibility index (Phi) is 6.09. The molecular weight excluding hydrogens is 398 g/mol. The third-order valence-electron chi connectivity index (χ3n) is 7.00. The molecule has 0 aliphatic heterocycles. The third kappa shape index (κ3) is 4.66. The van der Waals surface area contributed by atoms with Gasteiger partial charge in [-0.25, -0.2) is 0 Å². The Balaban J connectivity index is 1.32. The van der Waals surface area contributed by atoms with E-state index in [-0.39, 0.29) is 28.9 Å². The summed E-state index contributed by atoms with van der Waals surface area (Å²) in [4.78, 5) is 39.4. The minimum atomic E-state index is -0.353. The second-order valence-corrected chi connectivity index (χ2v) is 10.7. The fourth-order valence-corrected chi connectivity index (χ4v) is 7.16. The molecular formula is C23H31N3O3S. The van der Waals surface area contributed by atoms with Crippen molar-refractivity contribution in [1.82, 2.24) is 15.8 Å². The number of thioether (sulfide) groups is 1. The summed E-state index contributed by atoms with van der Waals surface area (Å²) in [6, 6.07) is 7.15. The molecule has 0 aromatic heterocycles. The Morgan fingerprint density at radius 3 is 2.20 bits per heavy atom. The molecule has 3 amide bonds. The lowest BCUT2D eigenvalue weighted by atomic mass is 9.49. The summed E-state index contributed by atoms with van der Waals surface area (Å²) in [6.07, 6.45) is 8.05. The first kappa shape index (κ1) is 21.2. The summed E-state index contributed by atoms with van der Waals surface area (Å²) in [6.45, 7) is 0. The minimum absolute atomic E-state index is 0.0147. The van der Waals surface area contributed by atoms with Crippen LogP contribution in [-0.2, 0) is 9.59 Å². The minimum Gasteiger partial charge on any atom is -0.348 e. The number of carbonyl (C=O) groups is 3. The van der Waals surface area contributed by atoms with E-state index < -0.39 is 0 Å². The fourth-order valence-electron chi connectivity index (χ4n) is 6.13. The zero-order valence-corrected chi connectivity index (χ0v) is 18.6. The molecule has 0 unspecified atom stereocenters. The van der Waals surface area contributed by atoms with Crippen LogP contribution in [0.5, 0.6) is 0 Å². The van der Waals surface area contributed by atoms with E-state index in [0.717, 1.165) is 22.6 Å². The van der Waals surface area contributed by atoms with E-state index in [1.54, 1.807) is 26.2 Å². The molecule has 4 aliphatic rings. The van der Waals surface area contributed by atoms with Crippen molar-refractivity contribution in [1.29, 1.82) is 0 Å². The van der Waals surface area contributed by atoms with Gasteiger partial charge in [-0.15, -0.1) is 11.8 Å². The zero-order valence-electron chi connectivity index (χ0n) is 17.8. The van der Waals surface area contributed by atoms with E-state index in [1.807, 2.05) is 12.1 Å². The van der Waals surface area contributed by atoms with Crippen molar-refractivity contribution in [3.8, 4) is 0 Å². The van der Waals surface area contributed by atoms with Crippen molar-refractivity contribution < 1.29 is 14.4 Å². The summed E-state index contributed by atoms with van der Waals surface area (Å²) in [5.41, 5.74) is 5.83. The number of benzene rings is 1. The van der Waals surface area contributed by atoms with E-state index >= 15 is 0 Å². The average Bonchev–Trinajstić information content (AvgIpc) is 2.69. The monoisotopic (exact) mass is 429 g/mol. The van der Waals surface area contributed by atoms with Gasteiger partial charge in [-0.3, -0.25) is 25.2 Å². The molecule has 4 aliphatic carbocycles. The van der Waals surface area contributed by atoms with Crippen LogP contribution in [0.2, 0.25) is 0 Å². The van der Waals surface area contributed by atoms with E-state index in [9.17, 15) is 14.4 Å². The summed E-state index contributed by atoms with van der Waals surface area (Å²) >= 11 is 1.33. The Bertz CT molecular complexity index is 803. The maximum atomic E-state index is 12.7. The van der Waals surface area contributed by atoms with Gasteiger partial charge >= 0.3 is 0 Å². The van der Waals surface area contributed by atoms with Crippen LogP contribution in [0.1, 0.15) is 55.3 Å². The Hall–Kier alpha value is -2.02. The Morgan fingerprint density at radius 1 is 1.00 bits per heavy atom. The van der Waals surface area contributed by atoms with Crippen molar-refractivity contribution >= 4 is 29.5 Å². The molecule has 0 heterocycles. The molecule has 2 N–H and O–H groups in total. The van der Waals surface area contributed by atoms with Crippen molar-refractivity contribution in [2.45, 2.75) is 49.8 Å². The van der Waals surface area contributed by atoms with Gasteiger partial charge in [0.2, 0.25) is 11.8 Å². The molecule has 6 nitrogen and oxygen atoms in total. The smallest absolute Gasteiger partial charge is 0.270 e. The van der Waals surface area contributed by atoms with Crippen LogP contribution in [0, 0.1) is 23.2 Å². The molecule has 0 radical (unpaired) electrons. The highest BCUT2D eigenvalue weighted by molar-refractivity contribution is 8.00. The first-order valence-corrected chi connectivity index (χ1v) is 11.8. The molecule has 1 aromatic rings. The molecule has 30 heavy (non-hydrogen) atoms. The van der Waals surface area contributed by atoms with E-state index in [1.165, 1.54) is 55.2 Å². The number of nitrogens with one attached hydrogen (secondary N) is 2. The first-order chi connectivity index (χ1) is 14.3. The van der Waals surface area contributed by atoms with E-state index in [2.05, 4.69) is 10.9 Å². The number of carbonyl (C=O) groups excluding carboxylic acids is 3. The average molecular weight is 430 g/mol. The van der Waals surface area contributed by atoms with Crippen LogP contribution in [0.4, 0.5) is 0 Å². The van der Waals surface area contributed by atoms with E-state index in [4.69, 9.17) is 0 Å². The predicted octanol–water partition coefficient (Wildman–Crippen LogP) is 3.23. The first-order valence-electron chi connectivity index (χ1n) is 10.8. The molecule has 0 spiro atoms. The van der Waals surface area contributed by atoms with Crippen LogP contribution in [0.25, 0.3) is 0 Å². The third-order valence-corrected chi connectivity index (χ3v) is 8.06. The summed E-state index contributed by atoms with van der Waals surface area (Å²) in [5.74, 6) is 2.19. The van der Waals surface area contributed by atoms with Gasteiger partial charge in [0, 0.05) is 25.4 Å². The second kappa shape index (κ2) is 8.61. The fraction of sp³-hybridized carbons (Fsp3) is 0.609. The zero-order chi connectivity index (χ0) is 21.3. The molecule has 7 heteroatoms. The van der Waals surface area contributed by atoms with Crippen LogP contribution in [0.3, 0.4) is 0 Å². The molecule has 162 valence electrons. The SMILES string of the molecule is CN(C)C(=O)CSc1ccccc1C(=O)NNC(=O)CC12CC3CC(CC(C3)C1)C2. The topological polar surface area (TPSA) is 78.5 Å². The lowest BCUT2D eigenvalue weighted by Gasteiger charge is -2.56. The van der Waals surface area contributed by atoms with Crippen molar-refractivity contribution in [2.24, 2.45) is 23.2 Å². The maximum absolute atomic E-state index is 12.7. The molecule has 4 fully saturated rings. The summed E-state index contributed by atoms with van der Waals surface area (Å²) < 4.78 is 0. The maximum Gasteiger partial charge on any atom is 0.270 e. The molecule has 1 aromatic carbocycles. The van der Waals surface area contributed by atoms with Gasteiger partial charge in [-0.1, -0.05) is 12.1 Å². The van der Waals surface area contributed by atoms with Gasteiger partial charge in [-0.2, -0.15) is 0 Å². The number of hydrogen-bond donors (Lipinski definition) is 2. The molecule has 0 atom stereocenters. The quantitative estimate of drug-likeness (QED) is 0.538. The highest BCUT2D eigenvalue weighted by atomic mass is 32.2. The molecule has 4 bridgehead atoms. The van der Waals surface area contributed by atoms with Crippen LogP contribution in [0.15, 0.2) is 29.2 Å². The van der Waals surface area contributed by atoms with Gasteiger partial charge < -0.3 is 4.90 Å². The van der Waals surface area contributed by atoms with Gasteiger partial charge in [0.25, 0.3) is 5.91 Å². The standard InChI is InChI=1S/C23H31N3O3S/c1-26(2)21(28)14-30-19-6-4-3-5-18(19)22(29)25-24-20(27)13-23-10-15-7-16(11-23)9-17(8-15)12-23/h3-6,15-17H,7-14H2,1-2H3,(H,24,27)(H,25,29). The lowest BCUT2D eigenvalue weighted by Crippen LogP contribution is -2.50. The molecule has 0 saturated heterocycles. The van der Waals surface area contributed by atoms with Gasteiger partial charge in [0.05, 0.1) is 11.3 Å². The Labute approximate surface area is 182 Å².